The Kier molecular flexibility index (Phi) is 3.92. The number of amides is 1. The topological polar surface area (TPSA) is 95.7 Å². The lowest BCUT2D eigenvalue weighted by Gasteiger charge is -2.13. The molecule has 1 rings (SSSR count). The van der Waals surface area contributed by atoms with Crippen molar-refractivity contribution in [3.8, 4) is 0 Å². The van der Waals surface area contributed by atoms with Crippen LogP contribution in [0.1, 0.15) is 10.4 Å². The number of hydrogen-bond donors (Lipinski definition) is 3. The number of benzene rings is 1. The van der Waals surface area contributed by atoms with Gasteiger partial charge in [0, 0.05) is 25.5 Å². The quantitative estimate of drug-likeness (QED) is 0.661. The standard InChI is InChI=1S/C11H15N3O3/c1-14(2)10(15)6-13-9-4-3-7(12)5-8(9)11(16)17/h3-5,13H,6,12H2,1-2H3,(H,16,17). The molecule has 0 atom stereocenters. The van der Waals surface area contributed by atoms with Gasteiger partial charge in [-0.15, -0.1) is 0 Å². The predicted molar refractivity (Wildman–Crippen MR) is 65.0 cm³/mol. The van der Waals surface area contributed by atoms with Gasteiger partial charge < -0.3 is 21.1 Å². The van der Waals surface area contributed by atoms with E-state index in [1.807, 2.05) is 0 Å². The molecule has 6 heteroatoms. The number of carboxylic acid groups (broad SMARTS) is 1. The molecule has 0 aliphatic heterocycles. The average Bonchev–Trinajstić information content (AvgIpc) is 2.26. The second kappa shape index (κ2) is 5.20. The van der Waals surface area contributed by atoms with Gasteiger partial charge in [-0.25, -0.2) is 4.79 Å². The smallest absolute Gasteiger partial charge is 0.337 e. The van der Waals surface area contributed by atoms with Crippen molar-refractivity contribution in [2.24, 2.45) is 0 Å². The maximum absolute atomic E-state index is 11.4. The zero-order valence-corrected chi connectivity index (χ0v) is 9.73. The van der Waals surface area contributed by atoms with Crippen LogP contribution in [0, 0.1) is 0 Å². The van der Waals surface area contributed by atoms with Gasteiger partial charge >= 0.3 is 5.97 Å². The molecule has 0 spiro atoms. The molecule has 1 amide bonds. The summed E-state index contributed by atoms with van der Waals surface area (Å²) in [5, 5.41) is 11.7. The Bertz CT molecular complexity index is 444. The van der Waals surface area contributed by atoms with Crippen LogP contribution in [0.15, 0.2) is 18.2 Å². The number of aromatic carboxylic acids is 1. The van der Waals surface area contributed by atoms with Crippen LogP contribution in [-0.2, 0) is 4.79 Å². The van der Waals surface area contributed by atoms with Gasteiger partial charge in [-0.1, -0.05) is 0 Å². The van der Waals surface area contributed by atoms with Gasteiger partial charge in [0.25, 0.3) is 0 Å². The number of nitrogen functional groups attached to an aromatic ring is 1. The van der Waals surface area contributed by atoms with E-state index >= 15 is 0 Å². The summed E-state index contributed by atoms with van der Waals surface area (Å²) in [6.07, 6.45) is 0. The summed E-state index contributed by atoms with van der Waals surface area (Å²) in [7, 11) is 3.26. The fraction of sp³-hybridized carbons (Fsp3) is 0.273. The first-order valence-electron chi connectivity index (χ1n) is 4.98. The molecule has 1 aromatic carbocycles. The molecule has 0 unspecified atom stereocenters. The third-order valence-corrected chi connectivity index (χ3v) is 2.20. The third-order valence-electron chi connectivity index (χ3n) is 2.20. The lowest BCUT2D eigenvalue weighted by atomic mass is 10.1. The molecule has 0 bridgehead atoms. The highest BCUT2D eigenvalue weighted by atomic mass is 16.4. The Morgan fingerprint density at radius 2 is 2.06 bits per heavy atom. The number of carboxylic acids is 1. The number of hydrogen-bond acceptors (Lipinski definition) is 4. The first-order chi connectivity index (χ1) is 7.91. The molecule has 4 N–H and O–H groups in total. The fourth-order valence-corrected chi connectivity index (χ4v) is 1.22. The van der Waals surface area contributed by atoms with Crippen LogP contribution >= 0.6 is 0 Å². The maximum atomic E-state index is 11.4. The van der Waals surface area contributed by atoms with Gasteiger partial charge in [-0.2, -0.15) is 0 Å². The zero-order valence-electron chi connectivity index (χ0n) is 9.73. The fourth-order valence-electron chi connectivity index (χ4n) is 1.22. The summed E-state index contributed by atoms with van der Waals surface area (Å²) >= 11 is 0. The number of nitrogens with one attached hydrogen (secondary N) is 1. The summed E-state index contributed by atoms with van der Waals surface area (Å²) in [4.78, 5) is 23.7. The molecule has 0 radical (unpaired) electrons. The van der Waals surface area contributed by atoms with Crippen LogP contribution in [-0.4, -0.2) is 42.5 Å². The first kappa shape index (κ1) is 12.8. The molecule has 0 aliphatic carbocycles. The number of carbonyl (C=O) groups is 2. The monoisotopic (exact) mass is 237 g/mol. The minimum atomic E-state index is -1.09. The molecule has 17 heavy (non-hydrogen) atoms. The van der Waals surface area contributed by atoms with E-state index < -0.39 is 5.97 Å². The molecular formula is C11H15N3O3. The van der Waals surface area contributed by atoms with Gasteiger partial charge in [-0.3, -0.25) is 4.79 Å². The van der Waals surface area contributed by atoms with Crippen molar-refractivity contribution in [1.82, 2.24) is 4.90 Å². The van der Waals surface area contributed by atoms with Gasteiger partial charge in [0.15, 0.2) is 0 Å². The van der Waals surface area contributed by atoms with Crippen molar-refractivity contribution >= 4 is 23.3 Å². The summed E-state index contributed by atoms with van der Waals surface area (Å²) < 4.78 is 0. The molecule has 0 heterocycles. The first-order valence-corrected chi connectivity index (χ1v) is 4.98. The van der Waals surface area contributed by atoms with Crippen molar-refractivity contribution in [2.75, 3.05) is 31.7 Å². The van der Waals surface area contributed by atoms with Crippen LogP contribution in [0.5, 0.6) is 0 Å². The molecule has 92 valence electrons. The van der Waals surface area contributed by atoms with Gasteiger partial charge in [0.2, 0.25) is 5.91 Å². The van der Waals surface area contributed by atoms with E-state index in [0.29, 0.717) is 11.4 Å². The van der Waals surface area contributed by atoms with E-state index in [4.69, 9.17) is 10.8 Å². The van der Waals surface area contributed by atoms with Crippen LogP contribution in [0.25, 0.3) is 0 Å². The van der Waals surface area contributed by atoms with E-state index in [0.717, 1.165) is 0 Å². The number of rotatable bonds is 4. The molecule has 1 aromatic rings. The Balaban J connectivity index is 2.84. The lowest BCUT2D eigenvalue weighted by molar-refractivity contribution is -0.126. The Labute approximate surface area is 99.0 Å². The van der Waals surface area contributed by atoms with Crippen molar-refractivity contribution in [1.29, 1.82) is 0 Å². The molecule has 0 aliphatic rings. The SMILES string of the molecule is CN(C)C(=O)CNc1ccc(N)cc1C(=O)O. The largest absolute Gasteiger partial charge is 0.478 e. The summed E-state index contributed by atoms with van der Waals surface area (Å²) in [6, 6.07) is 4.47. The van der Waals surface area contributed by atoms with Crippen LogP contribution in [0.2, 0.25) is 0 Å². The maximum Gasteiger partial charge on any atom is 0.337 e. The Morgan fingerprint density at radius 3 is 2.59 bits per heavy atom. The number of likely N-dealkylation sites (N-methyl/N-ethyl adjacent to an activating group) is 1. The average molecular weight is 237 g/mol. The van der Waals surface area contributed by atoms with E-state index in [1.165, 1.54) is 11.0 Å². The number of carbonyl (C=O) groups excluding carboxylic acids is 1. The van der Waals surface area contributed by atoms with Crippen molar-refractivity contribution in [2.45, 2.75) is 0 Å². The molecule has 0 fully saturated rings. The predicted octanol–water partition coefficient (Wildman–Crippen LogP) is 0.467. The van der Waals surface area contributed by atoms with E-state index in [9.17, 15) is 9.59 Å². The van der Waals surface area contributed by atoms with Crippen LogP contribution < -0.4 is 11.1 Å². The Morgan fingerprint density at radius 1 is 1.41 bits per heavy atom. The number of nitrogens with two attached hydrogens (primary N) is 1. The minimum Gasteiger partial charge on any atom is -0.478 e. The zero-order chi connectivity index (χ0) is 13.0. The van der Waals surface area contributed by atoms with E-state index in [-0.39, 0.29) is 18.0 Å². The summed E-state index contributed by atoms with van der Waals surface area (Å²) in [6.45, 7) is 0.0389. The number of anilines is 2. The summed E-state index contributed by atoms with van der Waals surface area (Å²) in [5.74, 6) is -1.23. The van der Waals surface area contributed by atoms with E-state index in [2.05, 4.69) is 5.32 Å². The second-order valence-electron chi connectivity index (χ2n) is 3.75. The van der Waals surface area contributed by atoms with Crippen LogP contribution in [0.3, 0.4) is 0 Å². The second-order valence-corrected chi connectivity index (χ2v) is 3.75. The van der Waals surface area contributed by atoms with Crippen molar-refractivity contribution in [3.63, 3.8) is 0 Å². The van der Waals surface area contributed by atoms with Gasteiger partial charge in [0.05, 0.1) is 12.1 Å². The lowest BCUT2D eigenvalue weighted by Crippen LogP contribution is -2.29. The van der Waals surface area contributed by atoms with Crippen molar-refractivity contribution < 1.29 is 14.7 Å². The number of nitrogens with zero attached hydrogens (tertiary/aromatic N) is 1. The molecule has 0 saturated carbocycles. The van der Waals surface area contributed by atoms with Crippen molar-refractivity contribution in [3.05, 3.63) is 23.8 Å². The molecule has 0 aromatic heterocycles. The van der Waals surface area contributed by atoms with E-state index in [1.54, 1.807) is 26.2 Å². The highest BCUT2D eigenvalue weighted by Gasteiger charge is 2.11. The van der Waals surface area contributed by atoms with Crippen LogP contribution in [0.4, 0.5) is 11.4 Å². The summed E-state index contributed by atoms with van der Waals surface area (Å²) in [5.41, 5.74) is 6.30. The van der Waals surface area contributed by atoms with Gasteiger partial charge in [0.1, 0.15) is 0 Å². The minimum absolute atomic E-state index is 0.0389. The Hall–Kier alpha value is -2.24. The molecular weight excluding hydrogens is 222 g/mol. The molecule has 0 saturated heterocycles. The highest BCUT2D eigenvalue weighted by Crippen LogP contribution is 2.18. The van der Waals surface area contributed by atoms with Gasteiger partial charge in [-0.05, 0) is 18.2 Å². The molecule has 6 nitrogen and oxygen atoms in total. The highest BCUT2D eigenvalue weighted by molar-refractivity contribution is 5.96. The normalized spacial score (nSPS) is 9.76. The third kappa shape index (κ3) is 3.37.